The molecule has 3 nitrogen and oxygen atoms in total. The fourth-order valence-electron chi connectivity index (χ4n) is 8.30. The molecule has 0 spiro atoms. The third-order valence-electron chi connectivity index (χ3n) is 10.8. The first-order valence-electron chi connectivity index (χ1n) is 17.8. The Kier molecular flexibility index (Phi) is 7.35. The van der Waals surface area contributed by atoms with Crippen LogP contribution in [-0.2, 0) is 6.42 Å². The van der Waals surface area contributed by atoms with Gasteiger partial charge in [0.25, 0.3) is 0 Å². The second kappa shape index (κ2) is 12.4. The van der Waals surface area contributed by atoms with Gasteiger partial charge in [-0.1, -0.05) is 0 Å². The van der Waals surface area contributed by atoms with Crippen LogP contribution >= 0.6 is 0 Å². The zero-order valence-corrected chi connectivity index (χ0v) is 30.6. The first kappa shape index (κ1) is 30.9. The average molecular weight is 731 g/mol. The summed E-state index contributed by atoms with van der Waals surface area (Å²) in [5.74, 6) is 0. The van der Waals surface area contributed by atoms with E-state index in [4.69, 9.17) is 10.2 Å². The van der Waals surface area contributed by atoms with E-state index in [9.17, 15) is 0 Å². The van der Waals surface area contributed by atoms with Crippen molar-refractivity contribution in [2.45, 2.75) is 20.3 Å². The second-order valence-electron chi connectivity index (χ2n) is 13.7. The Morgan fingerprint density at radius 1 is 0.481 bits per heavy atom. The third kappa shape index (κ3) is 4.83. The Hall–Kier alpha value is -5.93. The summed E-state index contributed by atoms with van der Waals surface area (Å²) in [6.07, 6.45) is 0.894. The Labute approximate surface area is 309 Å². The molecule has 2 aromatic heterocycles. The normalized spacial score (nSPS) is 12.0. The van der Waals surface area contributed by atoms with E-state index in [1.807, 2.05) is 6.07 Å². The van der Waals surface area contributed by atoms with Gasteiger partial charge in [0.05, 0.1) is 0 Å². The van der Waals surface area contributed by atoms with Crippen LogP contribution < -0.4 is 0 Å². The average Bonchev–Trinajstić information content (AvgIpc) is 3.77. The molecule has 0 saturated carbocycles. The molecule has 1 aliphatic rings. The van der Waals surface area contributed by atoms with Crippen LogP contribution in [0.2, 0.25) is 0 Å². The molecule has 10 rings (SSSR count). The molecule has 1 aliphatic carbocycles. The number of hydrogen-bond donors (Lipinski definition) is 0. The molecule has 0 unspecified atom stereocenters. The molecule has 4 heteroatoms. The maximum absolute atomic E-state index is 5.05. The minimum atomic E-state index is 0.242. The molecule has 0 N–H and O–H groups in total. The molecule has 0 amide bonds. The summed E-state index contributed by atoms with van der Waals surface area (Å²) >= 11 is 0.242. The van der Waals surface area contributed by atoms with Crippen molar-refractivity contribution < 1.29 is 0 Å². The van der Waals surface area contributed by atoms with Crippen LogP contribution in [0.4, 0.5) is 0 Å². The van der Waals surface area contributed by atoms with E-state index in [0.717, 1.165) is 45.6 Å². The molecule has 7 aromatic carbocycles. The molecule has 0 fully saturated rings. The van der Waals surface area contributed by atoms with Gasteiger partial charge in [0, 0.05) is 0 Å². The summed E-state index contributed by atoms with van der Waals surface area (Å²) in [5, 5.41) is 17.0. The minimum absolute atomic E-state index is 0.242. The van der Waals surface area contributed by atoms with Gasteiger partial charge in [0.2, 0.25) is 0 Å². The molecule has 0 radical (unpaired) electrons. The molecule has 0 atom stereocenters. The summed E-state index contributed by atoms with van der Waals surface area (Å²) < 4.78 is 2.85. The van der Waals surface area contributed by atoms with Crippen molar-refractivity contribution in [3.8, 4) is 67.0 Å². The first-order valence-corrected chi connectivity index (χ1v) is 19.5. The quantitative estimate of drug-likeness (QED) is 0.166. The Balaban J connectivity index is 1.37. The molecular weight excluding hydrogens is 698 g/mol. The van der Waals surface area contributed by atoms with Crippen LogP contribution in [0.5, 0.6) is 0 Å². The van der Waals surface area contributed by atoms with Crippen molar-refractivity contribution in [3.05, 3.63) is 174 Å². The van der Waals surface area contributed by atoms with E-state index in [1.165, 1.54) is 69.4 Å². The van der Waals surface area contributed by atoms with E-state index < -0.39 is 0 Å². The molecule has 52 heavy (non-hydrogen) atoms. The van der Waals surface area contributed by atoms with Crippen molar-refractivity contribution in [2.75, 3.05) is 0 Å². The molecule has 0 saturated heterocycles. The van der Waals surface area contributed by atoms with Crippen molar-refractivity contribution in [1.29, 1.82) is 0 Å². The number of nitrogens with zero attached hydrogens (tertiary/aromatic N) is 3. The van der Waals surface area contributed by atoms with Crippen LogP contribution in [0.15, 0.2) is 152 Å². The SMILES string of the molecule is Cc1cc2c(c(-c3cccc(-c4cccc5[se]c6ccccc6c45)c3-c3nnnc(-c4ccccc4)c3-c3ccccc3)c1C)Cc1ccccc1-2. The summed E-state index contributed by atoms with van der Waals surface area (Å²) in [6, 6.07) is 54.9. The maximum atomic E-state index is 5.05. The van der Waals surface area contributed by atoms with Gasteiger partial charge in [-0.05, 0) is 0 Å². The zero-order chi connectivity index (χ0) is 34.8. The zero-order valence-electron chi connectivity index (χ0n) is 28.9. The van der Waals surface area contributed by atoms with Gasteiger partial charge in [0.1, 0.15) is 0 Å². The number of hydrogen-bond acceptors (Lipinski definition) is 3. The molecule has 0 aliphatic heterocycles. The van der Waals surface area contributed by atoms with Crippen LogP contribution in [-0.4, -0.2) is 29.9 Å². The number of aromatic nitrogens is 3. The van der Waals surface area contributed by atoms with Gasteiger partial charge in [-0.2, -0.15) is 0 Å². The molecule has 0 bridgehead atoms. The van der Waals surface area contributed by atoms with Crippen LogP contribution in [0.25, 0.3) is 86.3 Å². The van der Waals surface area contributed by atoms with Crippen LogP contribution in [0.3, 0.4) is 0 Å². The molecule has 246 valence electrons. The van der Waals surface area contributed by atoms with Gasteiger partial charge < -0.3 is 0 Å². The fraction of sp³-hybridized carbons (Fsp3) is 0.0625. The number of aryl methyl sites for hydroxylation is 1. The van der Waals surface area contributed by atoms with Crippen LogP contribution in [0.1, 0.15) is 22.3 Å². The van der Waals surface area contributed by atoms with E-state index >= 15 is 0 Å². The summed E-state index contributed by atoms with van der Waals surface area (Å²) in [5.41, 5.74) is 18.6. The van der Waals surface area contributed by atoms with Gasteiger partial charge in [-0.15, -0.1) is 0 Å². The Morgan fingerprint density at radius 3 is 1.96 bits per heavy atom. The van der Waals surface area contributed by atoms with E-state index in [2.05, 4.69) is 165 Å². The number of rotatable bonds is 5. The predicted molar refractivity (Wildman–Crippen MR) is 217 cm³/mol. The van der Waals surface area contributed by atoms with Gasteiger partial charge >= 0.3 is 310 Å². The molecule has 2 heterocycles. The van der Waals surface area contributed by atoms with Crippen molar-refractivity contribution in [1.82, 2.24) is 15.4 Å². The van der Waals surface area contributed by atoms with Gasteiger partial charge in [-0.3, -0.25) is 0 Å². The van der Waals surface area contributed by atoms with E-state index in [-0.39, 0.29) is 14.5 Å². The van der Waals surface area contributed by atoms with Crippen molar-refractivity contribution in [3.63, 3.8) is 0 Å². The fourth-order valence-corrected chi connectivity index (χ4v) is 10.7. The Morgan fingerprint density at radius 2 is 1.12 bits per heavy atom. The number of benzene rings is 7. The van der Waals surface area contributed by atoms with Crippen molar-refractivity contribution >= 4 is 33.8 Å². The van der Waals surface area contributed by atoms with Gasteiger partial charge in [-0.25, -0.2) is 0 Å². The second-order valence-corrected chi connectivity index (χ2v) is 15.9. The van der Waals surface area contributed by atoms with E-state index in [1.54, 1.807) is 0 Å². The summed E-state index contributed by atoms with van der Waals surface area (Å²) in [6.45, 7) is 4.54. The first-order chi connectivity index (χ1) is 25.7. The standard InChI is InChI=1S/C48H33N3Se/c1-29-27-39-34-20-10-9-19-33(34)28-40(39)43(30(29)2)38-24-13-22-36(35-23-14-26-42-45(35)37-21-11-12-25-41(37)52-42)46(38)48-44(31-15-5-3-6-16-31)47(49-51-50-48)32-17-7-4-8-18-32/h3-27H,28H2,1-2H3. The van der Waals surface area contributed by atoms with Gasteiger partial charge in [0.15, 0.2) is 0 Å². The molecular formula is C48H33N3Se. The van der Waals surface area contributed by atoms with Crippen molar-refractivity contribution in [2.24, 2.45) is 0 Å². The van der Waals surface area contributed by atoms with Crippen LogP contribution in [0, 0.1) is 13.8 Å². The topological polar surface area (TPSA) is 38.7 Å². The summed E-state index contributed by atoms with van der Waals surface area (Å²) in [7, 11) is 0. The number of fused-ring (bicyclic) bond motifs is 6. The monoisotopic (exact) mass is 731 g/mol. The third-order valence-corrected chi connectivity index (χ3v) is 13.1. The Bertz CT molecular complexity index is 2840. The van der Waals surface area contributed by atoms with E-state index in [0.29, 0.717) is 0 Å². The molecule has 9 aromatic rings. The predicted octanol–water partition coefficient (Wildman–Crippen LogP) is 11.8. The summed E-state index contributed by atoms with van der Waals surface area (Å²) in [4.78, 5) is 0.